The van der Waals surface area contributed by atoms with Gasteiger partial charge in [-0.15, -0.1) is 0 Å². The van der Waals surface area contributed by atoms with Gasteiger partial charge in [0.05, 0.1) is 0 Å². The Morgan fingerprint density at radius 2 is 0.944 bits per heavy atom. The Bertz CT molecular complexity index is 566. The van der Waals surface area contributed by atoms with Gasteiger partial charge >= 0.3 is 0 Å². The van der Waals surface area contributed by atoms with E-state index in [-0.39, 0.29) is 0 Å². The Morgan fingerprint density at radius 1 is 0.500 bits per heavy atom. The molecule has 0 spiro atoms. The molecule has 3 aromatic rings. The molecule has 3 rings (SSSR count). The van der Waals surface area contributed by atoms with Crippen LogP contribution in [0.3, 0.4) is 0 Å². The molecule has 0 bridgehead atoms. The molecular weight excluding hydrogens is 216 g/mol. The molecule has 3 aromatic carbocycles. The van der Waals surface area contributed by atoms with Crippen LogP contribution in [0.15, 0.2) is 72.8 Å². The molecule has 18 heavy (non-hydrogen) atoms. The molecule has 0 amide bonds. The third-order valence-corrected chi connectivity index (χ3v) is 2.93. The fourth-order valence-electron chi connectivity index (χ4n) is 2.07. The lowest BCUT2D eigenvalue weighted by Crippen LogP contribution is -1.84. The van der Waals surface area contributed by atoms with Gasteiger partial charge in [-0.3, -0.25) is 0 Å². The smallest absolute Gasteiger partial charge is 0.00990 e. The molecule has 0 aliphatic rings. The van der Waals surface area contributed by atoms with Crippen LogP contribution < -0.4 is 0 Å². The molecule has 2 radical (unpaired) electrons. The minimum Gasteiger partial charge on any atom is -0.0616 e. The van der Waals surface area contributed by atoms with Crippen LogP contribution in [0.5, 0.6) is 0 Å². The van der Waals surface area contributed by atoms with E-state index in [0.717, 1.165) is 11.1 Å². The van der Waals surface area contributed by atoms with Gasteiger partial charge in [0.25, 0.3) is 0 Å². The highest BCUT2D eigenvalue weighted by atomic mass is 14.1. The number of hydrogen-bond acceptors (Lipinski definition) is 0. The average Bonchev–Trinajstić information content (AvgIpc) is 2.49. The first kappa shape index (κ1) is 10.8. The SMILES string of the molecule is [c]1ccccc1-c1ccccc1-c1[c]cccc1. The molecule has 0 fully saturated rings. The van der Waals surface area contributed by atoms with Crippen LogP contribution in [0, 0.1) is 12.1 Å². The lowest BCUT2D eigenvalue weighted by molar-refractivity contribution is 1.57. The van der Waals surface area contributed by atoms with Crippen molar-refractivity contribution in [2.24, 2.45) is 0 Å². The first-order valence-electron chi connectivity index (χ1n) is 5.98. The van der Waals surface area contributed by atoms with E-state index in [1.807, 2.05) is 36.4 Å². The molecule has 0 nitrogen and oxygen atoms in total. The summed E-state index contributed by atoms with van der Waals surface area (Å²) in [6.45, 7) is 0. The summed E-state index contributed by atoms with van der Waals surface area (Å²) >= 11 is 0. The van der Waals surface area contributed by atoms with Gasteiger partial charge < -0.3 is 0 Å². The Balaban J connectivity index is 2.18. The first-order chi connectivity index (χ1) is 8.95. The second-order valence-corrected chi connectivity index (χ2v) is 4.10. The quantitative estimate of drug-likeness (QED) is 0.600. The van der Waals surface area contributed by atoms with Crippen LogP contribution >= 0.6 is 0 Å². The van der Waals surface area contributed by atoms with Crippen LogP contribution in [0.25, 0.3) is 22.3 Å². The minimum absolute atomic E-state index is 1.12. The van der Waals surface area contributed by atoms with Crippen molar-refractivity contribution in [2.45, 2.75) is 0 Å². The molecule has 0 aliphatic heterocycles. The van der Waals surface area contributed by atoms with Crippen LogP contribution in [0.1, 0.15) is 0 Å². The van der Waals surface area contributed by atoms with Gasteiger partial charge in [0, 0.05) is 0 Å². The molecule has 0 unspecified atom stereocenters. The normalized spacial score (nSPS) is 10.2. The van der Waals surface area contributed by atoms with Crippen molar-refractivity contribution in [1.82, 2.24) is 0 Å². The van der Waals surface area contributed by atoms with E-state index < -0.39 is 0 Å². The average molecular weight is 228 g/mol. The van der Waals surface area contributed by atoms with Gasteiger partial charge in [0.15, 0.2) is 0 Å². The highest BCUT2D eigenvalue weighted by Gasteiger charge is 2.05. The molecule has 0 saturated carbocycles. The number of hydrogen-bond donors (Lipinski definition) is 0. The van der Waals surface area contributed by atoms with Gasteiger partial charge in [-0.1, -0.05) is 72.8 Å². The lowest BCUT2D eigenvalue weighted by Gasteiger charge is -2.09. The van der Waals surface area contributed by atoms with Crippen molar-refractivity contribution < 1.29 is 0 Å². The first-order valence-corrected chi connectivity index (χ1v) is 5.98. The van der Waals surface area contributed by atoms with Crippen LogP contribution in [-0.2, 0) is 0 Å². The fraction of sp³-hybridized carbons (Fsp3) is 0. The van der Waals surface area contributed by atoms with Crippen LogP contribution in [-0.4, -0.2) is 0 Å². The van der Waals surface area contributed by atoms with Crippen molar-refractivity contribution >= 4 is 0 Å². The summed E-state index contributed by atoms with van der Waals surface area (Å²) < 4.78 is 0. The third kappa shape index (κ3) is 2.05. The van der Waals surface area contributed by atoms with E-state index >= 15 is 0 Å². The van der Waals surface area contributed by atoms with Gasteiger partial charge in [-0.25, -0.2) is 0 Å². The van der Waals surface area contributed by atoms with Gasteiger partial charge in [-0.2, -0.15) is 0 Å². The zero-order chi connectivity index (χ0) is 12.2. The topological polar surface area (TPSA) is 0 Å². The lowest BCUT2D eigenvalue weighted by atomic mass is 9.95. The van der Waals surface area contributed by atoms with Crippen molar-refractivity contribution in [3.63, 3.8) is 0 Å². The second-order valence-electron chi connectivity index (χ2n) is 4.10. The fourth-order valence-corrected chi connectivity index (χ4v) is 2.07. The summed E-state index contributed by atoms with van der Waals surface area (Å²) in [5, 5.41) is 0. The maximum atomic E-state index is 3.28. The summed E-state index contributed by atoms with van der Waals surface area (Å²) in [7, 11) is 0. The standard InChI is InChI=1S/C18H12/c1-3-9-15(10-4-1)17-13-7-8-14-18(17)16-11-5-2-6-12-16/h1-9,11,13-14H. The zero-order valence-corrected chi connectivity index (χ0v) is 9.93. The van der Waals surface area contributed by atoms with E-state index in [1.165, 1.54) is 11.1 Å². The molecule has 0 saturated heterocycles. The predicted molar refractivity (Wildman–Crippen MR) is 75.0 cm³/mol. The zero-order valence-electron chi connectivity index (χ0n) is 9.93. The van der Waals surface area contributed by atoms with E-state index in [0.29, 0.717) is 0 Å². The largest absolute Gasteiger partial charge is 0.0616 e. The molecule has 0 N–H and O–H groups in total. The van der Waals surface area contributed by atoms with Crippen molar-refractivity contribution in [2.75, 3.05) is 0 Å². The van der Waals surface area contributed by atoms with E-state index in [2.05, 4.69) is 48.5 Å². The number of benzene rings is 3. The van der Waals surface area contributed by atoms with E-state index in [9.17, 15) is 0 Å². The minimum atomic E-state index is 1.12. The van der Waals surface area contributed by atoms with Gasteiger partial charge in [-0.05, 0) is 34.4 Å². The third-order valence-electron chi connectivity index (χ3n) is 2.93. The van der Waals surface area contributed by atoms with E-state index in [1.54, 1.807) is 0 Å². The molecule has 0 atom stereocenters. The summed E-state index contributed by atoms with van der Waals surface area (Å²) in [6.07, 6.45) is 0. The van der Waals surface area contributed by atoms with Crippen LogP contribution in [0.2, 0.25) is 0 Å². The molecular formula is C18H12. The summed E-state index contributed by atoms with van der Waals surface area (Å²) in [5.74, 6) is 0. The second kappa shape index (κ2) is 4.89. The van der Waals surface area contributed by atoms with E-state index in [4.69, 9.17) is 0 Å². The molecule has 0 aromatic heterocycles. The van der Waals surface area contributed by atoms with Crippen molar-refractivity contribution in [1.29, 1.82) is 0 Å². The summed E-state index contributed by atoms with van der Waals surface area (Å²) in [6, 6.07) is 31.0. The molecule has 0 heteroatoms. The maximum absolute atomic E-state index is 3.28. The molecule has 84 valence electrons. The summed E-state index contributed by atoms with van der Waals surface area (Å²) in [5.41, 5.74) is 4.62. The van der Waals surface area contributed by atoms with Gasteiger partial charge in [0.2, 0.25) is 0 Å². The predicted octanol–water partition coefficient (Wildman–Crippen LogP) is 4.62. The Kier molecular flexibility index (Phi) is 2.93. The van der Waals surface area contributed by atoms with Gasteiger partial charge in [0.1, 0.15) is 0 Å². The highest BCUT2D eigenvalue weighted by molar-refractivity contribution is 5.82. The monoisotopic (exact) mass is 228 g/mol. The summed E-state index contributed by atoms with van der Waals surface area (Å²) in [4.78, 5) is 0. The number of rotatable bonds is 2. The Hall–Kier alpha value is -2.34. The van der Waals surface area contributed by atoms with Crippen molar-refractivity contribution in [3.05, 3.63) is 84.9 Å². The molecule has 0 aliphatic carbocycles. The maximum Gasteiger partial charge on any atom is -0.00990 e. The highest BCUT2D eigenvalue weighted by Crippen LogP contribution is 2.30. The Morgan fingerprint density at radius 3 is 1.33 bits per heavy atom. The van der Waals surface area contributed by atoms with Crippen LogP contribution in [0.4, 0.5) is 0 Å². The Labute approximate surface area is 108 Å². The molecule has 0 heterocycles. The van der Waals surface area contributed by atoms with Crippen molar-refractivity contribution in [3.8, 4) is 22.3 Å².